The molecular weight excluding hydrogens is 316 g/mol. The molecular formula is C15H16N4O3S. The van der Waals surface area contributed by atoms with Crippen molar-refractivity contribution in [1.29, 1.82) is 0 Å². The molecule has 0 saturated carbocycles. The van der Waals surface area contributed by atoms with Crippen LogP contribution in [0.4, 0.5) is 0 Å². The Bertz CT molecular complexity index is 1010. The number of benzene rings is 1. The van der Waals surface area contributed by atoms with Crippen molar-refractivity contribution in [3.05, 3.63) is 47.9 Å². The van der Waals surface area contributed by atoms with Crippen LogP contribution >= 0.6 is 0 Å². The Morgan fingerprint density at radius 3 is 2.57 bits per heavy atom. The number of carbonyl (C=O) groups is 1. The van der Waals surface area contributed by atoms with Gasteiger partial charge in [-0.25, -0.2) is 13.1 Å². The van der Waals surface area contributed by atoms with E-state index >= 15 is 0 Å². The molecule has 120 valence electrons. The Labute approximate surface area is 133 Å². The van der Waals surface area contributed by atoms with Crippen LogP contribution in [0.2, 0.25) is 0 Å². The summed E-state index contributed by atoms with van der Waals surface area (Å²) in [5.41, 5.74) is 1.60. The van der Waals surface area contributed by atoms with Crippen molar-refractivity contribution < 1.29 is 13.2 Å². The van der Waals surface area contributed by atoms with Crippen LogP contribution in [0.5, 0.6) is 0 Å². The summed E-state index contributed by atoms with van der Waals surface area (Å²) in [5, 5.41) is 4.52. The summed E-state index contributed by atoms with van der Waals surface area (Å²) in [5.74, 6) is -0.691. The maximum atomic E-state index is 12.6. The number of aromatic nitrogens is 3. The predicted octanol–water partition coefficient (Wildman–Crippen LogP) is 1.34. The van der Waals surface area contributed by atoms with Gasteiger partial charge in [-0.3, -0.25) is 9.48 Å². The van der Waals surface area contributed by atoms with Crippen LogP contribution in [0.1, 0.15) is 16.1 Å². The van der Waals surface area contributed by atoms with Gasteiger partial charge >= 0.3 is 0 Å². The first-order chi connectivity index (χ1) is 10.8. The molecule has 7 nitrogen and oxygen atoms in total. The molecule has 0 radical (unpaired) electrons. The van der Waals surface area contributed by atoms with Crippen molar-refractivity contribution in [1.82, 2.24) is 19.1 Å². The van der Waals surface area contributed by atoms with Crippen LogP contribution in [-0.4, -0.2) is 28.7 Å². The molecule has 3 rings (SSSR count). The van der Waals surface area contributed by atoms with Crippen LogP contribution in [0.15, 0.2) is 41.6 Å². The average molecular weight is 332 g/mol. The maximum Gasteiger partial charge on any atom is 0.268 e. The third-order valence-corrected chi connectivity index (χ3v) is 5.22. The Balaban J connectivity index is 2.01. The molecule has 2 heterocycles. The number of hydrogen-bond acceptors (Lipinski definition) is 4. The average Bonchev–Trinajstić information content (AvgIpc) is 3.01. The summed E-state index contributed by atoms with van der Waals surface area (Å²) in [7, 11) is -0.534. The molecule has 1 N–H and O–H groups in total. The van der Waals surface area contributed by atoms with Gasteiger partial charge < -0.3 is 4.57 Å². The van der Waals surface area contributed by atoms with Gasteiger partial charge in [-0.15, -0.1) is 0 Å². The van der Waals surface area contributed by atoms with Crippen LogP contribution in [0.3, 0.4) is 0 Å². The van der Waals surface area contributed by atoms with E-state index in [0.717, 1.165) is 5.52 Å². The molecule has 3 aromatic rings. The van der Waals surface area contributed by atoms with Crippen LogP contribution < -0.4 is 4.72 Å². The number of sulfonamides is 1. The van der Waals surface area contributed by atoms with E-state index in [2.05, 4.69) is 9.82 Å². The number of carbonyl (C=O) groups excluding carboxylic acids is 1. The number of hydrogen-bond donors (Lipinski definition) is 1. The van der Waals surface area contributed by atoms with Crippen molar-refractivity contribution in [3.63, 3.8) is 0 Å². The Morgan fingerprint density at radius 2 is 1.91 bits per heavy atom. The van der Waals surface area contributed by atoms with Gasteiger partial charge in [-0.05, 0) is 13.0 Å². The van der Waals surface area contributed by atoms with Gasteiger partial charge in [0.05, 0.1) is 11.8 Å². The zero-order valence-electron chi connectivity index (χ0n) is 12.9. The highest BCUT2D eigenvalue weighted by Crippen LogP contribution is 2.24. The first-order valence-corrected chi connectivity index (χ1v) is 8.39. The fourth-order valence-corrected chi connectivity index (χ4v) is 3.70. The monoisotopic (exact) mass is 332 g/mol. The lowest BCUT2D eigenvalue weighted by molar-refractivity contribution is 0.0980. The molecule has 0 fully saturated rings. The number of nitrogens with zero attached hydrogens (tertiary/aromatic N) is 3. The summed E-state index contributed by atoms with van der Waals surface area (Å²) >= 11 is 0. The van der Waals surface area contributed by atoms with Crippen molar-refractivity contribution >= 4 is 26.8 Å². The predicted molar refractivity (Wildman–Crippen MR) is 85.5 cm³/mol. The van der Waals surface area contributed by atoms with Crippen molar-refractivity contribution in [2.75, 3.05) is 0 Å². The van der Waals surface area contributed by atoms with Gasteiger partial charge in [-0.1, -0.05) is 18.2 Å². The molecule has 1 amide bonds. The number of rotatable bonds is 3. The van der Waals surface area contributed by atoms with Gasteiger partial charge in [0, 0.05) is 36.9 Å². The molecule has 0 aliphatic carbocycles. The van der Waals surface area contributed by atoms with E-state index in [4.69, 9.17) is 0 Å². The standard InChI is InChI=1S/C15H16N4O3S/c1-10-12(8-16-19(10)3)15(20)17-23(21,22)14-9-18(2)13-7-5-4-6-11(13)14/h4-9H,1-3H3,(H,17,20). The topological polar surface area (TPSA) is 86.0 Å². The number of amides is 1. The summed E-state index contributed by atoms with van der Waals surface area (Å²) in [6.45, 7) is 1.70. The van der Waals surface area contributed by atoms with E-state index in [-0.39, 0.29) is 10.5 Å². The second-order valence-electron chi connectivity index (χ2n) is 5.32. The van der Waals surface area contributed by atoms with E-state index in [1.807, 2.05) is 12.1 Å². The van der Waals surface area contributed by atoms with E-state index < -0.39 is 15.9 Å². The number of fused-ring (bicyclic) bond motifs is 1. The summed E-state index contributed by atoms with van der Waals surface area (Å²) < 4.78 is 30.5. The lowest BCUT2D eigenvalue weighted by Gasteiger charge is -2.05. The molecule has 0 saturated heterocycles. The Morgan fingerprint density at radius 1 is 1.22 bits per heavy atom. The van der Waals surface area contributed by atoms with Crippen LogP contribution in [0.25, 0.3) is 10.9 Å². The van der Waals surface area contributed by atoms with Gasteiger partial charge in [-0.2, -0.15) is 5.10 Å². The largest absolute Gasteiger partial charge is 0.349 e. The van der Waals surface area contributed by atoms with Crippen molar-refractivity contribution in [2.24, 2.45) is 14.1 Å². The normalized spacial score (nSPS) is 11.8. The Hall–Kier alpha value is -2.61. The Kier molecular flexibility index (Phi) is 3.48. The summed E-state index contributed by atoms with van der Waals surface area (Å²) in [6.07, 6.45) is 2.85. The van der Waals surface area contributed by atoms with Gasteiger partial charge in [0.2, 0.25) is 0 Å². The quantitative estimate of drug-likeness (QED) is 0.784. The lowest BCUT2D eigenvalue weighted by Crippen LogP contribution is -2.30. The maximum absolute atomic E-state index is 12.6. The SMILES string of the molecule is Cc1c(C(=O)NS(=O)(=O)c2cn(C)c3ccccc23)cnn1C. The summed E-state index contributed by atoms with van der Waals surface area (Å²) in [6, 6.07) is 7.12. The second kappa shape index (κ2) is 5.24. The minimum absolute atomic E-state index is 0.0745. The smallest absolute Gasteiger partial charge is 0.268 e. The van der Waals surface area contributed by atoms with Gasteiger partial charge in [0.1, 0.15) is 4.90 Å². The third-order valence-electron chi connectivity index (χ3n) is 3.86. The lowest BCUT2D eigenvalue weighted by atomic mass is 10.2. The third kappa shape index (κ3) is 2.50. The highest BCUT2D eigenvalue weighted by Gasteiger charge is 2.24. The van der Waals surface area contributed by atoms with E-state index in [1.54, 1.807) is 37.7 Å². The van der Waals surface area contributed by atoms with Crippen LogP contribution in [0, 0.1) is 6.92 Å². The molecule has 0 aliphatic heterocycles. The first-order valence-electron chi connectivity index (χ1n) is 6.91. The molecule has 0 spiro atoms. The molecule has 0 aliphatic rings. The molecule has 0 bridgehead atoms. The fourth-order valence-electron chi connectivity index (χ4n) is 2.47. The van der Waals surface area contributed by atoms with Crippen molar-refractivity contribution in [2.45, 2.75) is 11.8 Å². The number of para-hydroxylation sites is 1. The second-order valence-corrected chi connectivity index (χ2v) is 6.97. The minimum atomic E-state index is -3.98. The zero-order valence-corrected chi connectivity index (χ0v) is 13.8. The van der Waals surface area contributed by atoms with E-state index in [0.29, 0.717) is 11.1 Å². The minimum Gasteiger partial charge on any atom is -0.349 e. The number of nitrogens with one attached hydrogen (secondary N) is 1. The van der Waals surface area contributed by atoms with Gasteiger partial charge in [0.25, 0.3) is 15.9 Å². The highest BCUT2D eigenvalue weighted by molar-refractivity contribution is 7.90. The first kappa shape index (κ1) is 15.3. The van der Waals surface area contributed by atoms with Crippen LogP contribution in [-0.2, 0) is 24.1 Å². The molecule has 0 unspecified atom stereocenters. The van der Waals surface area contributed by atoms with Gasteiger partial charge in [0.15, 0.2) is 0 Å². The molecule has 23 heavy (non-hydrogen) atoms. The molecule has 0 atom stereocenters. The fraction of sp³-hybridized carbons (Fsp3) is 0.200. The zero-order chi connectivity index (χ0) is 16.8. The molecule has 1 aromatic carbocycles. The van der Waals surface area contributed by atoms with E-state index in [1.165, 1.54) is 17.1 Å². The van der Waals surface area contributed by atoms with Crippen molar-refractivity contribution in [3.8, 4) is 0 Å². The number of aryl methyl sites for hydroxylation is 2. The van der Waals surface area contributed by atoms with E-state index in [9.17, 15) is 13.2 Å². The summed E-state index contributed by atoms with van der Waals surface area (Å²) in [4.78, 5) is 12.3. The molecule has 8 heteroatoms. The highest BCUT2D eigenvalue weighted by atomic mass is 32.2. The molecule has 2 aromatic heterocycles.